The minimum Gasteiger partial charge on any atom is -0.255 e. The van der Waals surface area contributed by atoms with Crippen molar-refractivity contribution < 1.29 is 36.8 Å². The molecular formula is C62H47ClN11Ru2. The number of hydrogen-bond acceptors (Lipinski definition) is 11. The largest absolute Gasteiger partial charge is 0.255 e. The van der Waals surface area contributed by atoms with Crippen LogP contribution >= 0.6 is 9.69 Å². The van der Waals surface area contributed by atoms with Crippen molar-refractivity contribution in [1.29, 1.82) is 0 Å². The maximum atomic E-state index is 4.59. The molecule has 0 bridgehead atoms. The van der Waals surface area contributed by atoms with Gasteiger partial charge in [-0.2, -0.15) is 0 Å². The van der Waals surface area contributed by atoms with Gasteiger partial charge < -0.3 is 0 Å². The van der Waals surface area contributed by atoms with Gasteiger partial charge >= 0.3 is 27.0 Å². The van der Waals surface area contributed by atoms with E-state index in [0.717, 1.165) is 95.6 Å². The smallest absolute Gasteiger partial charge is 0.0964 e. The predicted octanol–water partition coefficient (Wildman–Crippen LogP) is 14.3. The van der Waals surface area contributed by atoms with Gasteiger partial charge in [0.2, 0.25) is 0 Å². The van der Waals surface area contributed by atoms with Crippen LogP contribution in [0.5, 0.6) is 0 Å². The van der Waals surface area contributed by atoms with Gasteiger partial charge in [0.05, 0.1) is 67.6 Å². The molecule has 11 aromatic heterocycles. The van der Waals surface area contributed by atoms with Crippen LogP contribution in [0.4, 0.5) is 0 Å². The van der Waals surface area contributed by atoms with E-state index in [9.17, 15) is 0 Å². The number of hydrogen-bond donors (Lipinski definition) is 0. The van der Waals surface area contributed by atoms with Gasteiger partial charge in [0.1, 0.15) is 0 Å². The van der Waals surface area contributed by atoms with Gasteiger partial charge in [-0.3, -0.25) is 49.8 Å². The first-order valence-electron chi connectivity index (χ1n) is 23.9. The zero-order valence-corrected chi connectivity index (χ0v) is 45.5. The average molecular weight is 1180 g/mol. The van der Waals surface area contributed by atoms with Crippen molar-refractivity contribution in [3.05, 3.63) is 260 Å². The molecule has 0 N–H and O–H groups in total. The van der Waals surface area contributed by atoms with E-state index in [1.54, 1.807) is 37.2 Å². The first-order chi connectivity index (χ1) is 37.0. The summed E-state index contributed by atoms with van der Waals surface area (Å²) in [7, 11) is 4.57. The van der Waals surface area contributed by atoms with Crippen molar-refractivity contribution in [3.8, 4) is 45.6 Å². The van der Waals surface area contributed by atoms with Crippen molar-refractivity contribution in [2.45, 2.75) is 20.3 Å². The summed E-state index contributed by atoms with van der Waals surface area (Å²) in [5.41, 5.74) is 15.7. The Morgan fingerprint density at radius 3 is 0.947 bits per heavy atom. The normalized spacial score (nSPS) is 10.3. The van der Waals surface area contributed by atoms with Crippen molar-refractivity contribution in [2.24, 2.45) is 0 Å². The second-order valence-corrected chi connectivity index (χ2v) is 17.0. The number of aromatic nitrogens is 11. The fourth-order valence-corrected chi connectivity index (χ4v) is 8.14. The number of nitrogens with zero attached hydrogens (tertiary/aromatic N) is 11. The number of rotatable bonds is 6. The molecule has 14 heteroatoms. The summed E-state index contributed by atoms with van der Waals surface area (Å²) in [6.07, 6.45) is 18.9. The molecule has 0 fully saturated rings. The third-order valence-electron chi connectivity index (χ3n) is 11.7. The fraction of sp³-hybridized carbons (Fsp3) is 0.0484. The van der Waals surface area contributed by atoms with Crippen LogP contribution in [-0.2, 0) is 43.2 Å². The van der Waals surface area contributed by atoms with Gasteiger partial charge in [0.25, 0.3) is 0 Å². The van der Waals surface area contributed by atoms with Gasteiger partial charge in [-0.15, -0.1) is 0 Å². The van der Waals surface area contributed by atoms with Crippen LogP contribution in [0.25, 0.3) is 89.2 Å². The molecule has 11 heterocycles. The minimum absolute atomic E-state index is 0. The number of aryl methyl sites for hydroxylation is 2. The molecule has 76 heavy (non-hydrogen) atoms. The Bertz CT molecular complexity index is 3610. The molecule has 0 amide bonds. The van der Waals surface area contributed by atoms with E-state index in [4.69, 9.17) is 0 Å². The van der Waals surface area contributed by atoms with E-state index in [1.165, 1.54) is 22.3 Å². The van der Waals surface area contributed by atoms with E-state index in [-0.39, 0.29) is 19.5 Å². The summed E-state index contributed by atoms with van der Waals surface area (Å²) in [5, 5.41) is 4.55. The summed E-state index contributed by atoms with van der Waals surface area (Å²) >= 11 is 1.82. The quantitative estimate of drug-likeness (QED) is 0.116. The molecule has 11 nitrogen and oxygen atoms in total. The van der Waals surface area contributed by atoms with Gasteiger partial charge in [-0.25, -0.2) is 4.98 Å². The Labute approximate surface area is 467 Å². The third-order valence-corrected chi connectivity index (χ3v) is 11.7. The summed E-state index contributed by atoms with van der Waals surface area (Å²) in [6, 6.07) is 58.1. The molecule has 0 spiro atoms. The second-order valence-electron chi connectivity index (χ2n) is 17.0. The van der Waals surface area contributed by atoms with Crippen LogP contribution in [0.3, 0.4) is 0 Å². The SMILES string of the molecule is Cc1ccnc(-c2cc(Cc3ccnc(-c4cc(C)ccn4)c3)ccn2)c1.[Cl][Ru].[Ru].c1ccc(-c2cccc(-c3ccccn3)n2)nc1.c1cnc2c(c1)ccc1cccnc12.c1cnc2c(c1)ccc1cccnc12. The molecule has 0 saturated heterocycles. The van der Waals surface area contributed by atoms with Crippen LogP contribution in [0.2, 0.25) is 0 Å². The molecule has 0 aliphatic rings. The molecule has 0 saturated carbocycles. The van der Waals surface area contributed by atoms with E-state index >= 15 is 0 Å². The first kappa shape index (κ1) is 53.9. The summed E-state index contributed by atoms with van der Waals surface area (Å²) < 4.78 is 0. The van der Waals surface area contributed by atoms with Gasteiger partial charge in [0, 0.05) is 103 Å². The van der Waals surface area contributed by atoms with E-state index in [2.05, 4.69) is 151 Å². The van der Waals surface area contributed by atoms with Crippen LogP contribution in [0.1, 0.15) is 22.3 Å². The summed E-state index contributed by atoms with van der Waals surface area (Å²) in [6.45, 7) is 4.12. The average Bonchev–Trinajstić information content (AvgIpc) is 3.49. The van der Waals surface area contributed by atoms with Gasteiger partial charge in [-0.05, 0) is 152 Å². The van der Waals surface area contributed by atoms with Crippen LogP contribution < -0.4 is 0 Å². The molecule has 13 rings (SSSR count). The Hall–Kier alpha value is -8.33. The Balaban J connectivity index is 0.000000137. The first-order valence-corrected chi connectivity index (χ1v) is 26.1. The van der Waals surface area contributed by atoms with Gasteiger partial charge in [0.15, 0.2) is 0 Å². The maximum Gasteiger partial charge on any atom is 0.0964 e. The zero-order valence-electron chi connectivity index (χ0n) is 41.2. The van der Waals surface area contributed by atoms with E-state index < -0.39 is 0 Å². The van der Waals surface area contributed by atoms with Crippen molar-refractivity contribution in [3.63, 3.8) is 0 Å². The molecule has 0 unspecified atom stereocenters. The van der Waals surface area contributed by atoms with Crippen molar-refractivity contribution in [2.75, 3.05) is 0 Å². The van der Waals surface area contributed by atoms with Crippen molar-refractivity contribution in [1.82, 2.24) is 54.8 Å². The fourth-order valence-electron chi connectivity index (χ4n) is 8.14. The Kier molecular flexibility index (Phi) is 19.4. The molecule has 0 aliphatic heterocycles. The molecule has 373 valence electrons. The minimum atomic E-state index is 0. The summed E-state index contributed by atoms with van der Waals surface area (Å²) in [4.78, 5) is 48.4. The van der Waals surface area contributed by atoms with E-state index in [1.807, 2.05) is 145 Å². The Morgan fingerprint density at radius 1 is 0.289 bits per heavy atom. The van der Waals surface area contributed by atoms with Gasteiger partial charge in [-0.1, -0.05) is 66.7 Å². The zero-order chi connectivity index (χ0) is 51.6. The van der Waals surface area contributed by atoms with E-state index in [0.29, 0.717) is 0 Å². The number of fused-ring (bicyclic) bond motifs is 6. The second kappa shape index (κ2) is 27.3. The standard InChI is InChI=1S/C23H20N4.C15H11N3.2C12H8N2.ClH.2Ru/c1-16-3-7-24-20(11-16)22-14-18(5-9-26-22)13-19-6-10-27-23(15-19)21-12-17(2)4-8-25-21;1-3-10-16-12(6-1)14-8-5-9-15(18-14)13-7-2-4-11-17-13;2*1-3-9-5-6-10-4-2-8-14-12(10)11(9)13-7-1;;;/h3-12,14-15H,13H2,1-2H3;1-11H;2*1-8H;1H;;/q;;;;;;+1/p-1. The number of benzene rings is 2. The number of halogens is 1. The molecule has 0 aliphatic carbocycles. The Morgan fingerprint density at radius 2 is 0.605 bits per heavy atom. The third kappa shape index (κ3) is 14.1. The monoisotopic (exact) mass is 1180 g/mol. The molecule has 0 atom stereocenters. The van der Waals surface area contributed by atoms with Crippen LogP contribution in [0, 0.1) is 13.8 Å². The topological polar surface area (TPSA) is 142 Å². The predicted molar refractivity (Wildman–Crippen MR) is 298 cm³/mol. The maximum absolute atomic E-state index is 4.59. The van der Waals surface area contributed by atoms with Crippen LogP contribution in [-0.4, -0.2) is 54.8 Å². The van der Waals surface area contributed by atoms with Crippen LogP contribution in [0.15, 0.2) is 238 Å². The molecule has 2 aromatic carbocycles. The van der Waals surface area contributed by atoms with Crippen molar-refractivity contribution >= 4 is 53.3 Å². The summed E-state index contributed by atoms with van der Waals surface area (Å²) in [5.74, 6) is 0. The molecule has 13 aromatic rings. The number of pyridine rings is 11. The molecular weight excluding hydrogens is 1140 g/mol. The molecule has 0 radical (unpaired) electrons.